The Morgan fingerprint density at radius 1 is 1.62 bits per heavy atom. The van der Waals surface area contributed by atoms with Gasteiger partial charge in [0.05, 0.1) is 16.1 Å². The minimum absolute atomic E-state index is 0.117. The van der Waals surface area contributed by atoms with Crippen LogP contribution in [0, 0.1) is 0 Å². The van der Waals surface area contributed by atoms with Crippen LogP contribution in [0.15, 0.2) is 18.3 Å². The first-order chi connectivity index (χ1) is 6.18. The predicted molar refractivity (Wildman–Crippen MR) is 48.1 cm³/mol. The van der Waals surface area contributed by atoms with Crippen LogP contribution >= 0.6 is 11.6 Å². The molecule has 2 rings (SSSR count). The number of carboxylic acid groups (broad SMARTS) is 1. The van der Waals surface area contributed by atoms with E-state index < -0.39 is 5.97 Å². The number of aromatic carboxylic acids is 1. The molecule has 66 valence electrons. The van der Waals surface area contributed by atoms with Gasteiger partial charge < -0.3 is 10.1 Å². The molecule has 0 fully saturated rings. The van der Waals surface area contributed by atoms with Crippen LogP contribution in [0.1, 0.15) is 10.5 Å². The monoisotopic (exact) mass is 196 g/mol. The Morgan fingerprint density at radius 3 is 3.08 bits per heavy atom. The number of nitrogens with zero attached hydrogens (tertiary/aromatic N) is 1. The second-order valence-corrected chi connectivity index (χ2v) is 2.94. The highest BCUT2D eigenvalue weighted by atomic mass is 35.5. The van der Waals surface area contributed by atoms with Gasteiger partial charge in [-0.1, -0.05) is 11.6 Å². The molecule has 0 saturated carbocycles. The van der Waals surface area contributed by atoms with Gasteiger partial charge >= 0.3 is 5.97 Å². The van der Waals surface area contributed by atoms with Gasteiger partial charge in [-0.3, -0.25) is 0 Å². The minimum atomic E-state index is -1.12. The summed E-state index contributed by atoms with van der Waals surface area (Å²) >= 11 is 5.69. The quantitative estimate of drug-likeness (QED) is 0.732. The summed E-state index contributed by atoms with van der Waals surface area (Å²) in [5, 5.41) is 8.85. The molecule has 0 spiro atoms. The maximum absolute atomic E-state index is 10.6. The van der Waals surface area contributed by atoms with Gasteiger partial charge in [0, 0.05) is 6.20 Å². The number of nitrogens with one attached hydrogen (secondary N) is 1. The van der Waals surface area contributed by atoms with E-state index in [9.17, 15) is 4.79 Å². The van der Waals surface area contributed by atoms with Crippen LogP contribution in [0.3, 0.4) is 0 Å². The fraction of sp³-hybridized carbons (Fsp3) is 0. The zero-order valence-electron chi connectivity index (χ0n) is 6.41. The summed E-state index contributed by atoms with van der Waals surface area (Å²) in [6, 6.07) is 3.24. The lowest BCUT2D eigenvalue weighted by Crippen LogP contribution is -2.00. The number of carboxylic acids is 1. The maximum atomic E-state index is 10.6. The average molecular weight is 197 g/mol. The third-order valence-electron chi connectivity index (χ3n) is 1.69. The number of aromatic nitrogens is 2. The summed E-state index contributed by atoms with van der Waals surface area (Å²) in [6.45, 7) is 0. The summed E-state index contributed by atoms with van der Waals surface area (Å²) in [6.07, 6.45) is 1.68. The lowest BCUT2D eigenvalue weighted by atomic mass is 10.3. The molecule has 2 aromatic heterocycles. The molecule has 0 aliphatic carbocycles. The topological polar surface area (TPSA) is 66.0 Å². The Morgan fingerprint density at radius 2 is 2.38 bits per heavy atom. The molecule has 0 bridgehead atoms. The Bertz CT molecular complexity index is 478. The van der Waals surface area contributed by atoms with Gasteiger partial charge in [-0.15, -0.1) is 0 Å². The number of pyridine rings is 1. The van der Waals surface area contributed by atoms with Crippen molar-refractivity contribution in [3.8, 4) is 0 Å². The molecule has 13 heavy (non-hydrogen) atoms. The first kappa shape index (κ1) is 8.07. The molecule has 2 N–H and O–H groups in total. The van der Waals surface area contributed by atoms with Gasteiger partial charge in [-0.2, -0.15) is 0 Å². The highest BCUT2D eigenvalue weighted by Gasteiger charge is 2.11. The molecule has 2 heterocycles. The SMILES string of the molecule is O=C(O)c1nc2cc[nH]c2cc1Cl. The van der Waals surface area contributed by atoms with Crippen LogP contribution in [0.2, 0.25) is 5.02 Å². The van der Waals surface area contributed by atoms with Crippen LogP contribution in [0.5, 0.6) is 0 Å². The standard InChI is InChI=1S/C8H5ClN2O2/c9-4-3-6-5(1-2-10-6)11-7(4)8(12)13/h1-3,10H,(H,12,13). The number of rotatable bonds is 1. The van der Waals surface area contributed by atoms with Crippen LogP contribution in [0.25, 0.3) is 11.0 Å². The van der Waals surface area contributed by atoms with Crippen molar-refractivity contribution in [1.29, 1.82) is 0 Å². The lowest BCUT2D eigenvalue weighted by molar-refractivity contribution is 0.0691. The summed E-state index contributed by atoms with van der Waals surface area (Å²) in [4.78, 5) is 17.4. The molecule has 0 aliphatic rings. The average Bonchev–Trinajstić information content (AvgIpc) is 2.48. The Balaban J connectivity index is 2.76. The number of hydrogen-bond donors (Lipinski definition) is 2. The molecule has 0 aromatic carbocycles. The van der Waals surface area contributed by atoms with Crippen molar-refractivity contribution in [3.63, 3.8) is 0 Å². The third kappa shape index (κ3) is 1.25. The number of H-pyrrole nitrogens is 1. The molecule has 5 heteroatoms. The van der Waals surface area contributed by atoms with E-state index in [2.05, 4.69) is 9.97 Å². The van der Waals surface area contributed by atoms with Gasteiger partial charge in [0.2, 0.25) is 0 Å². The summed E-state index contributed by atoms with van der Waals surface area (Å²) in [7, 11) is 0. The molecule has 2 aromatic rings. The smallest absolute Gasteiger partial charge is 0.356 e. The van der Waals surface area contributed by atoms with E-state index in [1.54, 1.807) is 18.3 Å². The second kappa shape index (κ2) is 2.74. The van der Waals surface area contributed by atoms with E-state index in [1.807, 2.05) is 0 Å². The van der Waals surface area contributed by atoms with Gasteiger partial charge in [-0.05, 0) is 12.1 Å². The van der Waals surface area contributed by atoms with E-state index >= 15 is 0 Å². The van der Waals surface area contributed by atoms with Gasteiger partial charge in [0.15, 0.2) is 5.69 Å². The number of carbonyl (C=O) groups is 1. The van der Waals surface area contributed by atoms with Gasteiger partial charge in [0.25, 0.3) is 0 Å². The number of hydrogen-bond acceptors (Lipinski definition) is 2. The Hall–Kier alpha value is -1.55. The molecule has 0 unspecified atom stereocenters. The molecule has 0 amide bonds. The van der Waals surface area contributed by atoms with E-state index in [-0.39, 0.29) is 10.7 Å². The van der Waals surface area contributed by atoms with Crippen molar-refractivity contribution in [3.05, 3.63) is 29.0 Å². The maximum Gasteiger partial charge on any atom is 0.356 e. The Labute approximate surface area is 78.2 Å². The first-order valence-electron chi connectivity index (χ1n) is 3.55. The molecule has 0 saturated heterocycles. The second-order valence-electron chi connectivity index (χ2n) is 2.53. The van der Waals surface area contributed by atoms with Crippen molar-refractivity contribution in [2.75, 3.05) is 0 Å². The zero-order valence-corrected chi connectivity index (χ0v) is 7.17. The number of aromatic amines is 1. The summed E-state index contributed by atoms with van der Waals surface area (Å²) in [5.41, 5.74) is 1.21. The zero-order chi connectivity index (χ0) is 9.42. The van der Waals surface area contributed by atoms with Crippen LogP contribution in [-0.2, 0) is 0 Å². The Kier molecular flexibility index (Phi) is 1.70. The first-order valence-corrected chi connectivity index (χ1v) is 3.93. The molecule has 0 atom stereocenters. The fourth-order valence-electron chi connectivity index (χ4n) is 1.11. The van der Waals surface area contributed by atoms with E-state index in [0.717, 1.165) is 5.52 Å². The van der Waals surface area contributed by atoms with Gasteiger partial charge in [0.1, 0.15) is 0 Å². The normalized spacial score (nSPS) is 10.5. The third-order valence-corrected chi connectivity index (χ3v) is 1.98. The van der Waals surface area contributed by atoms with Crippen LogP contribution in [-0.4, -0.2) is 21.0 Å². The molecule has 0 aliphatic heterocycles. The van der Waals surface area contributed by atoms with Crippen molar-refractivity contribution >= 4 is 28.6 Å². The van der Waals surface area contributed by atoms with Crippen LogP contribution < -0.4 is 0 Å². The predicted octanol–water partition coefficient (Wildman–Crippen LogP) is 1.91. The highest BCUT2D eigenvalue weighted by Crippen LogP contribution is 2.19. The summed E-state index contributed by atoms with van der Waals surface area (Å²) < 4.78 is 0. The molecular formula is C8H5ClN2O2. The highest BCUT2D eigenvalue weighted by molar-refractivity contribution is 6.33. The lowest BCUT2D eigenvalue weighted by Gasteiger charge is -1.97. The number of fused-ring (bicyclic) bond motifs is 1. The van der Waals surface area contributed by atoms with Crippen molar-refractivity contribution in [2.24, 2.45) is 0 Å². The minimum Gasteiger partial charge on any atom is -0.476 e. The van der Waals surface area contributed by atoms with Crippen molar-refractivity contribution < 1.29 is 9.90 Å². The molecule has 0 radical (unpaired) electrons. The summed E-state index contributed by atoms with van der Waals surface area (Å²) in [5.74, 6) is -1.12. The van der Waals surface area contributed by atoms with Crippen LogP contribution in [0.4, 0.5) is 0 Å². The van der Waals surface area contributed by atoms with Crippen molar-refractivity contribution in [1.82, 2.24) is 9.97 Å². The van der Waals surface area contributed by atoms with E-state index in [1.165, 1.54) is 0 Å². The molecule has 4 nitrogen and oxygen atoms in total. The fourth-order valence-corrected chi connectivity index (χ4v) is 1.34. The van der Waals surface area contributed by atoms with Crippen molar-refractivity contribution in [2.45, 2.75) is 0 Å². The number of halogens is 1. The van der Waals surface area contributed by atoms with E-state index in [4.69, 9.17) is 16.7 Å². The van der Waals surface area contributed by atoms with Gasteiger partial charge in [-0.25, -0.2) is 9.78 Å². The molecular weight excluding hydrogens is 192 g/mol. The largest absolute Gasteiger partial charge is 0.476 e. The van der Waals surface area contributed by atoms with E-state index in [0.29, 0.717) is 5.52 Å².